The molecule has 1 amide bonds. The molecule has 0 saturated heterocycles. The molecule has 2 aromatic heterocycles. The molecule has 0 unspecified atom stereocenters. The van der Waals surface area contributed by atoms with Gasteiger partial charge in [-0.3, -0.25) is 4.79 Å². The third-order valence-electron chi connectivity index (χ3n) is 4.69. The van der Waals surface area contributed by atoms with Gasteiger partial charge in [0.15, 0.2) is 17.4 Å². The van der Waals surface area contributed by atoms with Crippen molar-refractivity contribution in [3.05, 3.63) is 64.6 Å². The zero-order valence-electron chi connectivity index (χ0n) is 14.3. The molecule has 3 aromatic rings. The normalized spacial score (nSPS) is 16.9. The van der Waals surface area contributed by atoms with Crippen LogP contribution in [0.2, 0.25) is 0 Å². The molecule has 0 bridgehead atoms. The number of halogens is 2. The van der Waals surface area contributed by atoms with Crippen LogP contribution in [0.1, 0.15) is 34.9 Å². The lowest BCUT2D eigenvalue weighted by atomic mass is 9.91. The molecule has 5 nitrogen and oxygen atoms in total. The summed E-state index contributed by atoms with van der Waals surface area (Å²) in [6.45, 7) is 2.25. The summed E-state index contributed by atoms with van der Waals surface area (Å²) in [6, 6.07) is 6.31. The van der Waals surface area contributed by atoms with Crippen LogP contribution in [0.25, 0.3) is 5.65 Å². The summed E-state index contributed by atoms with van der Waals surface area (Å²) in [5.74, 6) is -2.72. The van der Waals surface area contributed by atoms with E-state index in [9.17, 15) is 13.6 Å². The van der Waals surface area contributed by atoms with E-state index in [2.05, 4.69) is 10.3 Å². The summed E-state index contributed by atoms with van der Waals surface area (Å²) in [4.78, 5) is 16.8. The number of amides is 1. The number of nitrogens with zero attached hydrogens (tertiary/aromatic N) is 2. The average Bonchev–Trinajstić information content (AvgIpc) is 2.86. The van der Waals surface area contributed by atoms with Crippen LogP contribution >= 0.6 is 0 Å². The first-order valence-electron chi connectivity index (χ1n) is 8.25. The topological polar surface area (TPSA) is 55.6 Å². The molecule has 0 radical (unpaired) electrons. The quantitative estimate of drug-likeness (QED) is 0.767. The van der Waals surface area contributed by atoms with Crippen molar-refractivity contribution in [2.75, 3.05) is 7.11 Å². The molecule has 0 aliphatic carbocycles. The Morgan fingerprint density at radius 2 is 2.00 bits per heavy atom. The number of carbonyl (C=O) groups is 1. The lowest BCUT2D eigenvalue weighted by Gasteiger charge is -2.17. The number of fused-ring (bicyclic) bond motifs is 3. The van der Waals surface area contributed by atoms with Gasteiger partial charge in [-0.15, -0.1) is 0 Å². The van der Waals surface area contributed by atoms with Gasteiger partial charge in [-0.2, -0.15) is 0 Å². The van der Waals surface area contributed by atoms with Crippen molar-refractivity contribution in [1.29, 1.82) is 0 Å². The van der Waals surface area contributed by atoms with Gasteiger partial charge < -0.3 is 14.5 Å². The van der Waals surface area contributed by atoms with Crippen molar-refractivity contribution in [2.24, 2.45) is 0 Å². The molecular formula is C19H17F2N3O2. The predicted molar refractivity (Wildman–Crippen MR) is 91.1 cm³/mol. The number of methoxy groups -OCH3 is 1. The first-order valence-corrected chi connectivity index (χ1v) is 8.25. The van der Waals surface area contributed by atoms with Gasteiger partial charge in [0.25, 0.3) is 0 Å². The van der Waals surface area contributed by atoms with Crippen molar-refractivity contribution < 1.29 is 18.3 Å². The Balaban J connectivity index is 1.94. The smallest absolute Gasteiger partial charge is 0.221 e. The van der Waals surface area contributed by atoms with Crippen LogP contribution < -0.4 is 10.1 Å². The Labute approximate surface area is 148 Å². The van der Waals surface area contributed by atoms with E-state index in [1.807, 2.05) is 29.7 Å². The van der Waals surface area contributed by atoms with Crippen LogP contribution in [0.15, 0.2) is 30.5 Å². The van der Waals surface area contributed by atoms with Crippen LogP contribution in [0.5, 0.6) is 5.75 Å². The van der Waals surface area contributed by atoms with E-state index in [1.165, 1.54) is 19.2 Å². The number of rotatable bonds is 2. The van der Waals surface area contributed by atoms with E-state index < -0.39 is 23.3 Å². The van der Waals surface area contributed by atoms with Crippen molar-refractivity contribution >= 4 is 11.6 Å². The molecule has 0 saturated carbocycles. The number of aromatic nitrogens is 2. The van der Waals surface area contributed by atoms with Crippen LogP contribution in [-0.2, 0) is 11.3 Å². The van der Waals surface area contributed by atoms with E-state index in [0.717, 1.165) is 16.9 Å². The number of nitrogens with one attached hydrogen (secondary N) is 1. The molecule has 1 N–H and O–H groups in total. The van der Waals surface area contributed by atoms with Crippen molar-refractivity contribution in [3.63, 3.8) is 0 Å². The summed E-state index contributed by atoms with van der Waals surface area (Å²) in [7, 11) is 1.21. The molecule has 7 heteroatoms. The van der Waals surface area contributed by atoms with Crippen molar-refractivity contribution in [3.8, 4) is 5.75 Å². The minimum atomic E-state index is -0.793. The zero-order valence-corrected chi connectivity index (χ0v) is 14.3. The van der Waals surface area contributed by atoms with Gasteiger partial charge in [0, 0.05) is 18.5 Å². The number of aryl methyl sites for hydroxylation is 1. The first-order chi connectivity index (χ1) is 12.5. The van der Waals surface area contributed by atoms with Crippen molar-refractivity contribution in [2.45, 2.75) is 25.8 Å². The fourth-order valence-corrected chi connectivity index (χ4v) is 3.50. The first kappa shape index (κ1) is 16.5. The molecule has 1 aliphatic rings. The minimum absolute atomic E-state index is 0.0832. The predicted octanol–water partition coefficient (Wildman–Crippen LogP) is 3.08. The molecule has 3 heterocycles. The largest absolute Gasteiger partial charge is 0.491 e. The zero-order chi connectivity index (χ0) is 18.4. The number of hydrogen-bond donors (Lipinski definition) is 1. The lowest BCUT2D eigenvalue weighted by molar-refractivity contribution is -0.121. The molecule has 4 rings (SSSR count). The monoisotopic (exact) mass is 357 g/mol. The Hall–Kier alpha value is -2.96. The summed E-state index contributed by atoms with van der Waals surface area (Å²) in [6.07, 6.45) is 1.95. The van der Waals surface area contributed by atoms with Crippen LogP contribution in [0.3, 0.4) is 0 Å². The second kappa shape index (κ2) is 6.09. The SMILES string of the molecule is COc1c(F)cc([C@@H]2CC(=O)NCc3nc4cc(C)ccn4c32)cc1F. The fraction of sp³-hybridized carbons (Fsp3) is 0.263. The maximum atomic E-state index is 14.2. The van der Waals surface area contributed by atoms with E-state index in [1.54, 1.807) is 0 Å². The highest BCUT2D eigenvalue weighted by Crippen LogP contribution is 2.36. The molecule has 0 fully saturated rings. The molecule has 0 spiro atoms. The third-order valence-corrected chi connectivity index (χ3v) is 4.69. The fourth-order valence-electron chi connectivity index (χ4n) is 3.50. The van der Waals surface area contributed by atoms with E-state index in [-0.39, 0.29) is 18.9 Å². The minimum Gasteiger partial charge on any atom is -0.491 e. The molecule has 1 aliphatic heterocycles. The molecule has 1 aromatic carbocycles. The van der Waals surface area contributed by atoms with Gasteiger partial charge in [0.2, 0.25) is 5.91 Å². The van der Waals surface area contributed by atoms with E-state index >= 15 is 0 Å². The molecular weight excluding hydrogens is 340 g/mol. The van der Waals surface area contributed by atoms with Crippen LogP contribution in [-0.4, -0.2) is 22.4 Å². The highest BCUT2D eigenvalue weighted by Gasteiger charge is 2.30. The molecule has 134 valence electrons. The maximum Gasteiger partial charge on any atom is 0.221 e. The lowest BCUT2D eigenvalue weighted by Crippen LogP contribution is -2.21. The second-order valence-electron chi connectivity index (χ2n) is 6.43. The van der Waals surface area contributed by atoms with E-state index in [4.69, 9.17) is 4.74 Å². The van der Waals surface area contributed by atoms with Gasteiger partial charge in [-0.25, -0.2) is 13.8 Å². The number of carbonyl (C=O) groups excluding carboxylic acids is 1. The average molecular weight is 357 g/mol. The van der Waals surface area contributed by atoms with E-state index in [0.29, 0.717) is 11.3 Å². The molecule has 1 atom stereocenters. The highest BCUT2D eigenvalue weighted by atomic mass is 19.1. The second-order valence-corrected chi connectivity index (χ2v) is 6.43. The van der Waals surface area contributed by atoms with Crippen LogP contribution in [0, 0.1) is 18.6 Å². The Bertz CT molecular complexity index is 1010. The number of ether oxygens (including phenoxy) is 1. The van der Waals surface area contributed by atoms with Crippen molar-refractivity contribution in [1.82, 2.24) is 14.7 Å². The van der Waals surface area contributed by atoms with Gasteiger partial charge >= 0.3 is 0 Å². The highest BCUT2D eigenvalue weighted by molar-refractivity contribution is 5.78. The van der Waals surface area contributed by atoms with Gasteiger partial charge in [0.1, 0.15) is 5.65 Å². The Kier molecular flexibility index (Phi) is 3.86. The standard InChI is InChI=1S/C19H17F2N3O2/c1-10-3-4-24-16(5-10)23-15-9-22-17(25)8-12(18(15)24)11-6-13(20)19(26-2)14(21)7-11/h3-7,12H,8-9H2,1-2H3,(H,22,25)/t12-/m0/s1. The number of pyridine rings is 1. The van der Waals surface area contributed by atoms with Gasteiger partial charge in [0.05, 0.1) is 25.0 Å². The summed E-state index contributed by atoms with van der Waals surface area (Å²) < 4.78 is 35.1. The number of imidazole rings is 1. The summed E-state index contributed by atoms with van der Waals surface area (Å²) in [5.41, 5.74) is 3.64. The number of benzene rings is 1. The van der Waals surface area contributed by atoms with Gasteiger partial charge in [-0.05, 0) is 42.3 Å². The third kappa shape index (κ3) is 2.60. The maximum absolute atomic E-state index is 14.2. The molecule has 26 heavy (non-hydrogen) atoms. The van der Waals surface area contributed by atoms with Crippen LogP contribution in [0.4, 0.5) is 8.78 Å². The summed E-state index contributed by atoms with van der Waals surface area (Å²) >= 11 is 0. The summed E-state index contributed by atoms with van der Waals surface area (Å²) in [5, 5.41) is 2.80. The van der Waals surface area contributed by atoms with Gasteiger partial charge in [-0.1, -0.05) is 0 Å². The number of hydrogen-bond acceptors (Lipinski definition) is 3. The Morgan fingerprint density at radius 3 is 2.69 bits per heavy atom. The Morgan fingerprint density at radius 1 is 1.27 bits per heavy atom.